The molecular weight excluding hydrogens is 442 g/mol. The third-order valence-electron chi connectivity index (χ3n) is 4.46. The van der Waals surface area contributed by atoms with Crippen LogP contribution in [0.2, 0.25) is 5.02 Å². The van der Waals surface area contributed by atoms with E-state index in [0.29, 0.717) is 40.9 Å². The molecule has 0 saturated heterocycles. The molecule has 0 bridgehead atoms. The van der Waals surface area contributed by atoms with Crippen LogP contribution in [-0.4, -0.2) is 31.2 Å². The van der Waals surface area contributed by atoms with Crippen LogP contribution in [0.1, 0.15) is 28.4 Å². The molecule has 0 unspecified atom stereocenters. The van der Waals surface area contributed by atoms with E-state index in [1.54, 1.807) is 36.4 Å². The number of carbonyl (C=O) groups is 2. The van der Waals surface area contributed by atoms with Crippen LogP contribution in [0.15, 0.2) is 77.9 Å². The molecule has 0 heterocycles. The van der Waals surface area contributed by atoms with Crippen LogP contribution >= 0.6 is 11.6 Å². The van der Waals surface area contributed by atoms with Crippen molar-refractivity contribution < 1.29 is 19.1 Å². The van der Waals surface area contributed by atoms with Gasteiger partial charge in [-0.3, -0.25) is 9.59 Å². The van der Waals surface area contributed by atoms with E-state index in [0.717, 1.165) is 5.56 Å². The normalized spacial score (nSPS) is 10.6. The highest BCUT2D eigenvalue weighted by Gasteiger charge is 2.08. The van der Waals surface area contributed by atoms with Crippen molar-refractivity contribution in [3.63, 3.8) is 0 Å². The van der Waals surface area contributed by atoms with Crippen LogP contribution in [0.3, 0.4) is 0 Å². The van der Waals surface area contributed by atoms with E-state index in [1.165, 1.54) is 6.21 Å². The molecule has 170 valence electrons. The Kier molecular flexibility index (Phi) is 8.85. The molecule has 7 nitrogen and oxygen atoms in total. The summed E-state index contributed by atoms with van der Waals surface area (Å²) >= 11 is 5.90. The molecule has 0 radical (unpaired) electrons. The van der Waals surface area contributed by atoms with E-state index in [-0.39, 0.29) is 12.5 Å². The average molecular weight is 466 g/mol. The summed E-state index contributed by atoms with van der Waals surface area (Å²) in [4.78, 5) is 24.2. The minimum Gasteiger partial charge on any atom is -0.494 e. The Morgan fingerprint density at radius 2 is 1.70 bits per heavy atom. The van der Waals surface area contributed by atoms with E-state index in [2.05, 4.69) is 15.8 Å². The second-order valence-electron chi connectivity index (χ2n) is 6.89. The molecule has 0 saturated carbocycles. The Bertz CT molecular complexity index is 1100. The van der Waals surface area contributed by atoms with Crippen LogP contribution in [0, 0.1) is 0 Å². The van der Waals surface area contributed by atoms with E-state index < -0.39 is 5.91 Å². The zero-order valence-electron chi connectivity index (χ0n) is 18.1. The number of hydrogen-bond donors (Lipinski definition) is 2. The molecule has 2 amide bonds. The molecule has 0 fully saturated rings. The Hall–Kier alpha value is -3.84. The lowest BCUT2D eigenvalue weighted by molar-refractivity contribution is -0.120. The number of ether oxygens (including phenoxy) is 2. The monoisotopic (exact) mass is 465 g/mol. The van der Waals surface area contributed by atoms with Crippen LogP contribution < -0.4 is 20.2 Å². The fraction of sp³-hybridized carbons (Fsp3) is 0.160. The van der Waals surface area contributed by atoms with Gasteiger partial charge in [-0.1, -0.05) is 35.9 Å². The van der Waals surface area contributed by atoms with E-state index >= 15 is 0 Å². The van der Waals surface area contributed by atoms with Crippen LogP contribution in [-0.2, 0) is 11.4 Å². The molecule has 3 aromatic rings. The molecule has 33 heavy (non-hydrogen) atoms. The number of nitrogens with zero attached hydrogens (tertiary/aromatic N) is 1. The maximum Gasteiger partial charge on any atom is 0.259 e. The third-order valence-corrected chi connectivity index (χ3v) is 4.71. The molecule has 8 heteroatoms. The van der Waals surface area contributed by atoms with Crippen molar-refractivity contribution in [2.45, 2.75) is 13.5 Å². The Balaban J connectivity index is 1.47. The molecule has 0 atom stereocenters. The predicted octanol–water partition coefficient (Wildman–Crippen LogP) is 4.20. The van der Waals surface area contributed by atoms with Crippen LogP contribution in [0.5, 0.6) is 11.5 Å². The van der Waals surface area contributed by atoms with Gasteiger partial charge in [0.05, 0.1) is 19.4 Å². The van der Waals surface area contributed by atoms with E-state index in [9.17, 15) is 9.59 Å². The standard InChI is InChI=1S/C25H24ClN3O4/c1-2-32-22-13-9-19(10-14-22)25(31)27-16-24(30)29-28-15-20-5-3-4-6-23(20)33-17-18-7-11-21(26)12-8-18/h3-15H,2,16-17H2,1H3,(H,27,31)(H,29,30)/b28-15+. The van der Waals surface area contributed by atoms with Crippen molar-refractivity contribution in [2.75, 3.05) is 13.2 Å². The zero-order chi connectivity index (χ0) is 23.5. The first-order chi connectivity index (χ1) is 16.0. The van der Waals surface area contributed by atoms with Gasteiger partial charge >= 0.3 is 0 Å². The fourth-order valence-corrected chi connectivity index (χ4v) is 2.93. The summed E-state index contributed by atoms with van der Waals surface area (Å²) in [6.45, 7) is 2.59. The molecule has 0 aliphatic rings. The number of para-hydroxylation sites is 1. The molecular formula is C25H24ClN3O4. The lowest BCUT2D eigenvalue weighted by Crippen LogP contribution is -2.34. The van der Waals surface area contributed by atoms with Gasteiger partial charge in [0.2, 0.25) is 0 Å². The quantitative estimate of drug-likeness (QED) is 0.347. The first kappa shape index (κ1) is 23.8. The smallest absolute Gasteiger partial charge is 0.259 e. The fourth-order valence-electron chi connectivity index (χ4n) is 2.81. The van der Waals surface area contributed by atoms with Gasteiger partial charge < -0.3 is 14.8 Å². The van der Waals surface area contributed by atoms with Gasteiger partial charge in [0.15, 0.2) is 0 Å². The first-order valence-electron chi connectivity index (χ1n) is 10.3. The number of amides is 2. The highest BCUT2D eigenvalue weighted by Crippen LogP contribution is 2.18. The third kappa shape index (κ3) is 7.66. The number of carbonyl (C=O) groups excluding carboxylic acids is 2. The van der Waals surface area contributed by atoms with Crippen molar-refractivity contribution in [1.29, 1.82) is 0 Å². The summed E-state index contributed by atoms with van der Waals surface area (Å²) in [6, 6.07) is 21.4. The number of hydrogen-bond acceptors (Lipinski definition) is 5. The Morgan fingerprint density at radius 3 is 2.42 bits per heavy atom. The molecule has 2 N–H and O–H groups in total. The number of rotatable bonds is 10. The van der Waals surface area contributed by atoms with Gasteiger partial charge in [-0.05, 0) is 61.0 Å². The topological polar surface area (TPSA) is 89.0 Å². The van der Waals surface area contributed by atoms with Gasteiger partial charge in [0.25, 0.3) is 11.8 Å². The van der Waals surface area contributed by atoms with Crippen LogP contribution in [0.4, 0.5) is 0 Å². The number of nitrogens with one attached hydrogen (secondary N) is 2. The van der Waals surface area contributed by atoms with Gasteiger partial charge in [-0.15, -0.1) is 0 Å². The molecule has 0 aliphatic heterocycles. The minimum absolute atomic E-state index is 0.210. The molecule has 0 aromatic heterocycles. The van der Waals surface area contributed by atoms with E-state index in [1.807, 2.05) is 43.3 Å². The Morgan fingerprint density at radius 1 is 0.970 bits per heavy atom. The summed E-state index contributed by atoms with van der Waals surface area (Å²) < 4.78 is 11.2. The highest BCUT2D eigenvalue weighted by molar-refractivity contribution is 6.30. The number of hydrazone groups is 1. The highest BCUT2D eigenvalue weighted by atomic mass is 35.5. The molecule has 0 aliphatic carbocycles. The predicted molar refractivity (Wildman–Crippen MR) is 128 cm³/mol. The second-order valence-corrected chi connectivity index (χ2v) is 7.32. The zero-order valence-corrected chi connectivity index (χ0v) is 18.8. The molecule has 0 spiro atoms. The summed E-state index contributed by atoms with van der Waals surface area (Å²) in [5.74, 6) is 0.482. The van der Waals surface area contributed by atoms with Gasteiger partial charge in [-0.25, -0.2) is 5.43 Å². The van der Waals surface area contributed by atoms with Crippen molar-refractivity contribution in [1.82, 2.24) is 10.7 Å². The van der Waals surface area contributed by atoms with E-state index in [4.69, 9.17) is 21.1 Å². The van der Waals surface area contributed by atoms with Crippen molar-refractivity contribution in [3.05, 3.63) is 94.5 Å². The van der Waals surface area contributed by atoms with Crippen molar-refractivity contribution >= 4 is 29.6 Å². The Labute approximate surface area is 197 Å². The number of halogens is 1. The maximum atomic E-state index is 12.2. The minimum atomic E-state index is -0.454. The average Bonchev–Trinajstić information content (AvgIpc) is 2.83. The largest absolute Gasteiger partial charge is 0.494 e. The van der Waals surface area contributed by atoms with Gasteiger partial charge in [0.1, 0.15) is 18.1 Å². The lowest BCUT2D eigenvalue weighted by atomic mass is 10.2. The summed E-state index contributed by atoms with van der Waals surface area (Å²) in [7, 11) is 0. The summed E-state index contributed by atoms with van der Waals surface area (Å²) in [6.07, 6.45) is 1.49. The first-order valence-corrected chi connectivity index (χ1v) is 10.7. The summed E-state index contributed by atoms with van der Waals surface area (Å²) in [5, 5.41) is 7.18. The SMILES string of the molecule is CCOc1ccc(C(=O)NCC(=O)N/N=C/c2ccccc2OCc2ccc(Cl)cc2)cc1. The molecule has 3 rings (SSSR count). The maximum absolute atomic E-state index is 12.2. The van der Waals surface area contributed by atoms with Gasteiger partial charge in [-0.2, -0.15) is 5.10 Å². The second kappa shape index (κ2) is 12.3. The molecule has 3 aromatic carbocycles. The van der Waals surface area contributed by atoms with Gasteiger partial charge in [0, 0.05) is 16.1 Å². The van der Waals surface area contributed by atoms with Crippen molar-refractivity contribution in [3.8, 4) is 11.5 Å². The summed E-state index contributed by atoms with van der Waals surface area (Å²) in [5.41, 5.74) is 4.50. The van der Waals surface area contributed by atoms with Crippen LogP contribution in [0.25, 0.3) is 0 Å². The number of benzene rings is 3. The lowest BCUT2D eigenvalue weighted by Gasteiger charge is -2.09. The van der Waals surface area contributed by atoms with Crippen molar-refractivity contribution in [2.24, 2.45) is 5.10 Å².